The predicted molar refractivity (Wildman–Crippen MR) is 70.5 cm³/mol. The van der Waals surface area contributed by atoms with Gasteiger partial charge in [-0.2, -0.15) is 0 Å². The Labute approximate surface area is 107 Å². The van der Waals surface area contributed by atoms with Gasteiger partial charge in [-0.05, 0) is 18.1 Å². The van der Waals surface area contributed by atoms with Gasteiger partial charge in [0.2, 0.25) is 0 Å². The number of benzene rings is 2. The summed E-state index contributed by atoms with van der Waals surface area (Å²) in [5, 5.41) is 10.4. The number of rotatable bonds is 2. The van der Waals surface area contributed by atoms with E-state index in [-0.39, 0.29) is 5.92 Å². The van der Waals surface area contributed by atoms with Gasteiger partial charge in [0, 0.05) is 11.5 Å². The van der Waals surface area contributed by atoms with Crippen molar-refractivity contribution in [1.29, 1.82) is 0 Å². The van der Waals surface area contributed by atoms with Gasteiger partial charge in [-0.15, -0.1) is 0 Å². The zero-order valence-corrected chi connectivity index (χ0v) is 10.1. The van der Waals surface area contributed by atoms with Crippen LogP contribution in [0.1, 0.15) is 17.2 Å². The summed E-state index contributed by atoms with van der Waals surface area (Å²) in [5.74, 6) is 0.941. The minimum absolute atomic E-state index is 0.127. The van der Waals surface area contributed by atoms with Crippen molar-refractivity contribution >= 4 is 0 Å². The van der Waals surface area contributed by atoms with E-state index in [0.717, 1.165) is 17.7 Å². The first kappa shape index (κ1) is 11.3. The van der Waals surface area contributed by atoms with Gasteiger partial charge >= 0.3 is 0 Å². The van der Waals surface area contributed by atoms with E-state index in [0.29, 0.717) is 6.61 Å². The zero-order valence-electron chi connectivity index (χ0n) is 10.1. The molecule has 2 aromatic rings. The van der Waals surface area contributed by atoms with Gasteiger partial charge in [0.15, 0.2) is 0 Å². The van der Waals surface area contributed by atoms with Crippen LogP contribution in [-0.2, 0) is 6.42 Å². The molecule has 0 saturated carbocycles. The van der Waals surface area contributed by atoms with Crippen LogP contribution < -0.4 is 4.74 Å². The van der Waals surface area contributed by atoms with Gasteiger partial charge in [0.1, 0.15) is 5.75 Å². The van der Waals surface area contributed by atoms with Crippen LogP contribution in [0.15, 0.2) is 54.6 Å². The van der Waals surface area contributed by atoms with E-state index in [2.05, 4.69) is 12.1 Å². The molecule has 0 amide bonds. The minimum Gasteiger partial charge on any atom is -0.493 e. The van der Waals surface area contributed by atoms with E-state index < -0.39 is 6.10 Å². The molecule has 1 N–H and O–H groups in total. The molecule has 92 valence electrons. The number of hydrogen-bond acceptors (Lipinski definition) is 2. The second-order valence-electron chi connectivity index (χ2n) is 4.74. The fourth-order valence-electron chi connectivity index (χ4n) is 2.49. The molecule has 3 rings (SSSR count). The summed E-state index contributed by atoms with van der Waals surface area (Å²) in [4.78, 5) is 0. The minimum atomic E-state index is -0.435. The van der Waals surface area contributed by atoms with Crippen LogP contribution in [0.2, 0.25) is 0 Å². The highest BCUT2D eigenvalue weighted by atomic mass is 16.5. The fourth-order valence-corrected chi connectivity index (χ4v) is 2.49. The maximum Gasteiger partial charge on any atom is 0.125 e. The third kappa shape index (κ3) is 2.12. The monoisotopic (exact) mass is 240 g/mol. The lowest BCUT2D eigenvalue weighted by molar-refractivity contribution is 0.0508. The lowest BCUT2D eigenvalue weighted by atomic mass is 9.88. The molecule has 2 heteroatoms. The molecule has 0 aromatic heterocycles. The van der Waals surface area contributed by atoms with E-state index in [1.165, 1.54) is 5.56 Å². The SMILES string of the molecule is O[C@@H]1c2ccccc2OC[C@H]1Cc1ccccc1. The standard InChI is InChI=1S/C16H16O2/c17-16-13(10-12-6-2-1-3-7-12)11-18-15-9-5-4-8-14(15)16/h1-9,13,16-17H,10-11H2/t13-,16+/m1/s1. The van der Waals surface area contributed by atoms with Gasteiger partial charge in [0.05, 0.1) is 12.7 Å². The Morgan fingerprint density at radius 2 is 1.72 bits per heavy atom. The molecule has 1 aliphatic heterocycles. The Kier molecular flexibility index (Phi) is 3.03. The topological polar surface area (TPSA) is 29.5 Å². The third-order valence-electron chi connectivity index (χ3n) is 3.48. The molecule has 2 nitrogen and oxygen atoms in total. The van der Waals surface area contributed by atoms with Crippen LogP contribution in [0, 0.1) is 5.92 Å². The van der Waals surface area contributed by atoms with Crippen molar-refractivity contribution in [2.75, 3.05) is 6.61 Å². The molecule has 2 atom stereocenters. The van der Waals surface area contributed by atoms with E-state index in [4.69, 9.17) is 4.74 Å². The maximum absolute atomic E-state index is 10.4. The first-order chi connectivity index (χ1) is 8.84. The Morgan fingerprint density at radius 3 is 2.56 bits per heavy atom. The van der Waals surface area contributed by atoms with Gasteiger partial charge < -0.3 is 9.84 Å². The fraction of sp³-hybridized carbons (Fsp3) is 0.250. The molecule has 18 heavy (non-hydrogen) atoms. The van der Waals surface area contributed by atoms with Crippen LogP contribution in [-0.4, -0.2) is 11.7 Å². The number of ether oxygens (including phenoxy) is 1. The highest BCUT2D eigenvalue weighted by molar-refractivity contribution is 5.37. The molecule has 0 fully saturated rings. The average molecular weight is 240 g/mol. The maximum atomic E-state index is 10.4. The normalized spacial score (nSPS) is 22.1. The molecule has 0 bridgehead atoms. The third-order valence-corrected chi connectivity index (χ3v) is 3.48. The van der Waals surface area contributed by atoms with Crippen molar-refractivity contribution in [2.45, 2.75) is 12.5 Å². The number of para-hydroxylation sites is 1. The van der Waals surface area contributed by atoms with Crippen molar-refractivity contribution in [3.8, 4) is 5.75 Å². The molecule has 0 spiro atoms. The van der Waals surface area contributed by atoms with Crippen molar-refractivity contribution in [2.24, 2.45) is 5.92 Å². The predicted octanol–water partition coefficient (Wildman–Crippen LogP) is 2.97. The van der Waals surface area contributed by atoms with Gasteiger partial charge in [-0.3, -0.25) is 0 Å². The van der Waals surface area contributed by atoms with E-state index >= 15 is 0 Å². The second-order valence-corrected chi connectivity index (χ2v) is 4.74. The summed E-state index contributed by atoms with van der Waals surface area (Å²) >= 11 is 0. The van der Waals surface area contributed by atoms with Crippen molar-refractivity contribution < 1.29 is 9.84 Å². The summed E-state index contributed by atoms with van der Waals surface area (Å²) in [6.07, 6.45) is 0.409. The number of hydrogen-bond donors (Lipinski definition) is 1. The van der Waals surface area contributed by atoms with Gasteiger partial charge in [0.25, 0.3) is 0 Å². The zero-order chi connectivity index (χ0) is 12.4. The molecule has 1 aliphatic rings. The molecule has 0 aliphatic carbocycles. The molecule has 0 saturated heterocycles. The first-order valence-electron chi connectivity index (χ1n) is 6.28. The lowest BCUT2D eigenvalue weighted by Gasteiger charge is -2.30. The number of aliphatic hydroxyl groups is 1. The average Bonchev–Trinajstić information content (AvgIpc) is 2.43. The molecular weight excluding hydrogens is 224 g/mol. The van der Waals surface area contributed by atoms with Crippen LogP contribution in [0.25, 0.3) is 0 Å². The van der Waals surface area contributed by atoms with Gasteiger partial charge in [-0.25, -0.2) is 0 Å². The Morgan fingerprint density at radius 1 is 1.00 bits per heavy atom. The Balaban J connectivity index is 1.81. The van der Waals surface area contributed by atoms with E-state index in [9.17, 15) is 5.11 Å². The first-order valence-corrected chi connectivity index (χ1v) is 6.28. The molecule has 2 aromatic carbocycles. The van der Waals surface area contributed by atoms with E-state index in [1.807, 2.05) is 42.5 Å². The summed E-state index contributed by atoms with van der Waals surface area (Å²) in [5.41, 5.74) is 2.15. The van der Waals surface area contributed by atoms with Crippen LogP contribution in [0.4, 0.5) is 0 Å². The Bertz CT molecular complexity index is 522. The second kappa shape index (κ2) is 4.83. The largest absolute Gasteiger partial charge is 0.493 e. The lowest BCUT2D eigenvalue weighted by Crippen LogP contribution is -2.27. The molecular formula is C16H16O2. The van der Waals surface area contributed by atoms with Crippen molar-refractivity contribution in [3.05, 3.63) is 65.7 Å². The smallest absolute Gasteiger partial charge is 0.125 e. The van der Waals surface area contributed by atoms with Crippen molar-refractivity contribution in [1.82, 2.24) is 0 Å². The quantitative estimate of drug-likeness (QED) is 0.874. The Hall–Kier alpha value is -1.80. The molecule has 0 radical (unpaired) electrons. The highest BCUT2D eigenvalue weighted by Gasteiger charge is 2.28. The summed E-state index contributed by atoms with van der Waals surface area (Å²) in [6.45, 7) is 0.576. The summed E-state index contributed by atoms with van der Waals surface area (Å²) in [6, 6.07) is 18.0. The molecule has 0 unspecified atom stereocenters. The van der Waals surface area contributed by atoms with Crippen LogP contribution in [0.3, 0.4) is 0 Å². The summed E-state index contributed by atoms with van der Waals surface area (Å²) < 4.78 is 5.72. The van der Waals surface area contributed by atoms with Crippen LogP contribution in [0.5, 0.6) is 5.75 Å². The van der Waals surface area contributed by atoms with Gasteiger partial charge in [-0.1, -0.05) is 48.5 Å². The summed E-state index contributed by atoms with van der Waals surface area (Å²) in [7, 11) is 0. The van der Waals surface area contributed by atoms with Crippen LogP contribution >= 0.6 is 0 Å². The number of aliphatic hydroxyl groups excluding tert-OH is 1. The van der Waals surface area contributed by atoms with E-state index in [1.54, 1.807) is 0 Å². The van der Waals surface area contributed by atoms with Crippen molar-refractivity contribution in [3.63, 3.8) is 0 Å². The highest BCUT2D eigenvalue weighted by Crippen LogP contribution is 2.36. The molecule has 1 heterocycles. The number of fused-ring (bicyclic) bond motifs is 1.